The van der Waals surface area contributed by atoms with E-state index in [0.29, 0.717) is 6.54 Å². The van der Waals surface area contributed by atoms with Gasteiger partial charge in [0.05, 0.1) is 25.8 Å². The molecule has 0 spiro atoms. The van der Waals surface area contributed by atoms with Gasteiger partial charge >= 0.3 is 0 Å². The van der Waals surface area contributed by atoms with Crippen LogP contribution < -0.4 is 10.6 Å². The minimum atomic E-state index is 0. The molecule has 1 aromatic heterocycles. The van der Waals surface area contributed by atoms with Gasteiger partial charge in [-0.25, -0.2) is 0 Å². The first-order valence-corrected chi connectivity index (χ1v) is 10.6. The first-order chi connectivity index (χ1) is 14.3. The summed E-state index contributed by atoms with van der Waals surface area (Å²) in [6.07, 6.45) is 2.67. The maximum Gasteiger partial charge on any atom is 0.191 e. The lowest BCUT2D eigenvalue weighted by atomic mass is 10.1. The number of morpholine rings is 1. The van der Waals surface area contributed by atoms with Crippen molar-refractivity contribution >= 4 is 29.9 Å². The van der Waals surface area contributed by atoms with Crippen LogP contribution in [0, 0.1) is 0 Å². The van der Waals surface area contributed by atoms with Crippen LogP contribution in [0.5, 0.6) is 0 Å². The van der Waals surface area contributed by atoms with Gasteiger partial charge in [-0.05, 0) is 12.5 Å². The normalized spacial score (nSPS) is 16.0. The van der Waals surface area contributed by atoms with Crippen molar-refractivity contribution in [2.45, 2.75) is 32.9 Å². The lowest BCUT2D eigenvalue weighted by Gasteiger charge is -2.34. The molecular weight excluding hydrogens is 493 g/mol. The molecule has 0 saturated carbocycles. The fourth-order valence-corrected chi connectivity index (χ4v) is 3.55. The summed E-state index contributed by atoms with van der Waals surface area (Å²) >= 11 is 0. The van der Waals surface area contributed by atoms with E-state index in [2.05, 4.69) is 74.5 Å². The van der Waals surface area contributed by atoms with E-state index in [-0.39, 0.29) is 30.0 Å². The highest BCUT2D eigenvalue weighted by molar-refractivity contribution is 14.0. The summed E-state index contributed by atoms with van der Waals surface area (Å²) in [5.74, 6) is 1.85. The average Bonchev–Trinajstić information content (AvgIpc) is 3.23. The molecule has 1 aliphatic heterocycles. The molecule has 1 aromatic carbocycles. The number of benzene rings is 1. The van der Waals surface area contributed by atoms with Gasteiger partial charge in [-0.2, -0.15) is 0 Å². The Kier molecular flexibility index (Phi) is 11.1. The molecular formula is C21H34IN7O. The molecule has 1 fully saturated rings. The van der Waals surface area contributed by atoms with E-state index >= 15 is 0 Å². The Bertz CT molecular complexity index is 747. The molecule has 2 heterocycles. The fraction of sp³-hybridized carbons (Fsp3) is 0.571. The van der Waals surface area contributed by atoms with Gasteiger partial charge in [0, 0.05) is 39.1 Å². The number of nitrogens with one attached hydrogen (secondary N) is 2. The van der Waals surface area contributed by atoms with Crippen LogP contribution in [0.1, 0.15) is 31.3 Å². The molecule has 0 radical (unpaired) electrons. The van der Waals surface area contributed by atoms with Gasteiger partial charge in [-0.1, -0.05) is 37.3 Å². The van der Waals surface area contributed by atoms with Gasteiger partial charge < -0.3 is 19.9 Å². The van der Waals surface area contributed by atoms with Crippen molar-refractivity contribution < 1.29 is 4.74 Å². The van der Waals surface area contributed by atoms with Gasteiger partial charge in [-0.15, -0.1) is 34.2 Å². The standard InChI is InChI=1S/C21H33N7O.HI/c1-3-20-26-25-17-28(20)11-10-23-21(22-4-2)24-16-19(18-8-6-5-7-9-18)27-12-14-29-15-13-27;/h5-9,17,19H,3-4,10-16H2,1-2H3,(H2,22,23,24);1H. The number of ether oxygens (including phenoxy) is 1. The van der Waals surface area contributed by atoms with Crippen LogP contribution in [0.25, 0.3) is 0 Å². The van der Waals surface area contributed by atoms with Crippen molar-refractivity contribution in [1.29, 1.82) is 0 Å². The molecule has 1 aliphatic rings. The molecule has 1 unspecified atom stereocenters. The molecule has 8 nitrogen and oxygen atoms in total. The van der Waals surface area contributed by atoms with Crippen molar-refractivity contribution in [2.24, 2.45) is 4.99 Å². The molecule has 2 N–H and O–H groups in total. The van der Waals surface area contributed by atoms with Crippen LogP contribution in [0.2, 0.25) is 0 Å². The lowest BCUT2D eigenvalue weighted by Crippen LogP contribution is -2.42. The lowest BCUT2D eigenvalue weighted by molar-refractivity contribution is 0.0179. The van der Waals surface area contributed by atoms with Crippen molar-refractivity contribution in [1.82, 2.24) is 30.3 Å². The predicted octanol–water partition coefficient (Wildman–Crippen LogP) is 2.09. The predicted molar refractivity (Wildman–Crippen MR) is 130 cm³/mol. The zero-order chi connectivity index (χ0) is 20.3. The van der Waals surface area contributed by atoms with Crippen LogP contribution >= 0.6 is 24.0 Å². The van der Waals surface area contributed by atoms with Crippen molar-refractivity contribution in [3.63, 3.8) is 0 Å². The number of guanidine groups is 1. The summed E-state index contributed by atoms with van der Waals surface area (Å²) in [6, 6.07) is 10.9. The molecule has 0 bridgehead atoms. The number of hydrogen-bond donors (Lipinski definition) is 2. The highest BCUT2D eigenvalue weighted by Crippen LogP contribution is 2.22. The molecule has 1 atom stereocenters. The molecule has 166 valence electrons. The van der Waals surface area contributed by atoms with Crippen LogP contribution in [0.3, 0.4) is 0 Å². The third-order valence-electron chi connectivity index (χ3n) is 5.09. The number of hydrogen-bond acceptors (Lipinski definition) is 5. The minimum Gasteiger partial charge on any atom is -0.379 e. The number of aromatic nitrogens is 3. The second kappa shape index (κ2) is 13.6. The Morgan fingerprint density at radius 2 is 1.93 bits per heavy atom. The smallest absolute Gasteiger partial charge is 0.191 e. The molecule has 3 rings (SSSR count). The second-order valence-electron chi connectivity index (χ2n) is 7.02. The maximum absolute atomic E-state index is 5.54. The quantitative estimate of drug-likeness (QED) is 0.296. The number of rotatable bonds is 9. The third kappa shape index (κ3) is 7.21. The van der Waals surface area contributed by atoms with Crippen molar-refractivity contribution in [3.8, 4) is 0 Å². The van der Waals surface area contributed by atoms with Crippen molar-refractivity contribution in [2.75, 3.05) is 45.9 Å². The first kappa shape index (κ1) is 24.5. The van der Waals surface area contributed by atoms with Gasteiger partial charge in [0.1, 0.15) is 12.2 Å². The van der Waals surface area contributed by atoms with Crippen LogP contribution in [0.4, 0.5) is 0 Å². The van der Waals surface area contributed by atoms with Crippen molar-refractivity contribution in [3.05, 3.63) is 48.0 Å². The fourth-order valence-electron chi connectivity index (χ4n) is 3.55. The number of aryl methyl sites for hydroxylation is 1. The third-order valence-corrected chi connectivity index (χ3v) is 5.09. The Hall–Kier alpha value is -1.72. The Morgan fingerprint density at radius 3 is 2.63 bits per heavy atom. The second-order valence-corrected chi connectivity index (χ2v) is 7.02. The summed E-state index contributed by atoms with van der Waals surface area (Å²) in [4.78, 5) is 7.37. The number of halogens is 1. The van der Waals surface area contributed by atoms with Crippen LogP contribution in [-0.2, 0) is 17.7 Å². The van der Waals surface area contributed by atoms with Crippen LogP contribution in [-0.4, -0.2) is 71.6 Å². The van der Waals surface area contributed by atoms with Gasteiger partial charge in [0.2, 0.25) is 0 Å². The largest absolute Gasteiger partial charge is 0.379 e. The Balaban J connectivity index is 0.00000320. The Morgan fingerprint density at radius 1 is 1.17 bits per heavy atom. The zero-order valence-electron chi connectivity index (χ0n) is 18.0. The average molecular weight is 527 g/mol. The first-order valence-electron chi connectivity index (χ1n) is 10.6. The van der Waals surface area contributed by atoms with E-state index in [1.165, 1.54) is 5.56 Å². The SMILES string of the molecule is CCNC(=NCC(c1ccccc1)N1CCOCC1)NCCn1cnnc1CC.I. The molecule has 0 aliphatic carbocycles. The van der Waals surface area contributed by atoms with E-state index in [9.17, 15) is 0 Å². The van der Waals surface area contributed by atoms with Gasteiger partial charge in [-0.3, -0.25) is 9.89 Å². The summed E-state index contributed by atoms with van der Waals surface area (Å²) in [7, 11) is 0. The summed E-state index contributed by atoms with van der Waals surface area (Å²) in [5, 5.41) is 14.9. The highest BCUT2D eigenvalue weighted by atomic mass is 127. The van der Waals surface area contributed by atoms with Gasteiger partial charge in [0.15, 0.2) is 5.96 Å². The van der Waals surface area contributed by atoms with E-state index in [1.54, 1.807) is 6.33 Å². The summed E-state index contributed by atoms with van der Waals surface area (Å²) < 4.78 is 7.62. The topological polar surface area (TPSA) is 79.6 Å². The number of aliphatic imine (C=N–C) groups is 1. The molecule has 9 heteroatoms. The molecule has 1 saturated heterocycles. The van der Waals surface area contributed by atoms with E-state index in [0.717, 1.165) is 64.1 Å². The maximum atomic E-state index is 5.54. The summed E-state index contributed by atoms with van der Waals surface area (Å²) in [6.45, 7) is 10.7. The van der Waals surface area contributed by atoms with E-state index in [1.807, 2.05) is 0 Å². The highest BCUT2D eigenvalue weighted by Gasteiger charge is 2.22. The van der Waals surface area contributed by atoms with E-state index < -0.39 is 0 Å². The number of nitrogens with zero attached hydrogens (tertiary/aromatic N) is 5. The monoisotopic (exact) mass is 527 g/mol. The zero-order valence-corrected chi connectivity index (χ0v) is 20.3. The molecule has 30 heavy (non-hydrogen) atoms. The summed E-state index contributed by atoms with van der Waals surface area (Å²) in [5.41, 5.74) is 1.30. The van der Waals surface area contributed by atoms with E-state index in [4.69, 9.17) is 9.73 Å². The minimum absolute atomic E-state index is 0. The molecule has 0 amide bonds. The Labute approximate surface area is 196 Å². The van der Waals surface area contributed by atoms with Crippen LogP contribution in [0.15, 0.2) is 41.7 Å². The molecule has 2 aromatic rings. The van der Waals surface area contributed by atoms with Gasteiger partial charge in [0.25, 0.3) is 0 Å².